The molecule has 0 saturated heterocycles. The Labute approximate surface area is 80.2 Å². The molecule has 0 aromatic rings. The van der Waals surface area contributed by atoms with Gasteiger partial charge in [0, 0.05) is 12.3 Å². The lowest BCUT2D eigenvalue weighted by molar-refractivity contribution is -0.125. The number of hydrogen-bond acceptors (Lipinski definition) is 1. The molecule has 0 aromatic carbocycles. The van der Waals surface area contributed by atoms with E-state index in [0.717, 1.165) is 25.7 Å². The number of carbonyl (C=O) groups excluding carboxylic acids is 1. The van der Waals surface area contributed by atoms with E-state index >= 15 is 0 Å². The first-order chi connectivity index (χ1) is 6.38. The number of carbonyl (C=O) groups is 1. The minimum Gasteiger partial charge on any atom is -0.299 e. The van der Waals surface area contributed by atoms with Crippen LogP contribution < -0.4 is 0 Å². The van der Waals surface area contributed by atoms with Crippen LogP contribution in [0.25, 0.3) is 0 Å². The molecular formula is C12H18O. The smallest absolute Gasteiger partial charge is 0.136 e. The topological polar surface area (TPSA) is 17.1 Å². The Morgan fingerprint density at radius 3 is 2.92 bits per heavy atom. The first-order valence-electron chi connectivity index (χ1n) is 5.55. The molecule has 0 amide bonds. The fourth-order valence-corrected chi connectivity index (χ4v) is 2.71. The number of hydrogen-bond donors (Lipinski definition) is 0. The maximum Gasteiger partial charge on any atom is 0.136 e. The summed E-state index contributed by atoms with van der Waals surface area (Å²) in [7, 11) is 0. The average molecular weight is 178 g/mol. The quantitative estimate of drug-likeness (QED) is 0.521. The lowest BCUT2D eigenvalue weighted by Gasteiger charge is -2.30. The standard InChI is InChI=1S/C12H18O/c13-12-9-3-1-2-6-10-7-4-5-8-11(10)12/h1-2,10-11H,3-9H2/b2-1-/t10-,11-/m0/s1. The summed E-state index contributed by atoms with van der Waals surface area (Å²) in [5, 5.41) is 0. The maximum atomic E-state index is 11.8. The number of Topliss-reactive ketones (excluding diaryl/α,β-unsaturated/α-hetero) is 1. The van der Waals surface area contributed by atoms with Crippen molar-refractivity contribution in [2.24, 2.45) is 11.8 Å². The van der Waals surface area contributed by atoms with E-state index in [1.165, 1.54) is 19.3 Å². The zero-order valence-electron chi connectivity index (χ0n) is 8.17. The summed E-state index contributed by atoms with van der Waals surface area (Å²) in [5.74, 6) is 1.63. The summed E-state index contributed by atoms with van der Waals surface area (Å²) in [6.45, 7) is 0. The van der Waals surface area contributed by atoms with Crippen LogP contribution in [-0.4, -0.2) is 5.78 Å². The monoisotopic (exact) mass is 178 g/mol. The van der Waals surface area contributed by atoms with Crippen LogP contribution in [0.3, 0.4) is 0 Å². The molecule has 1 fully saturated rings. The molecule has 0 radical (unpaired) electrons. The summed E-state index contributed by atoms with van der Waals surface area (Å²) in [5.41, 5.74) is 0. The van der Waals surface area contributed by atoms with Gasteiger partial charge in [0.1, 0.15) is 5.78 Å². The summed E-state index contributed by atoms with van der Waals surface area (Å²) in [6.07, 6.45) is 12.4. The molecule has 13 heavy (non-hydrogen) atoms. The molecule has 0 aliphatic heterocycles. The van der Waals surface area contributed by atoms with Gasteiger partial charge in [-0.1, -0.05) is 25.0 Å². The van der Waals surface area contributed by atoms with Gasteiger partial charge in [-0.2, -0.15) is 0 Å². The third-order valence-corrected chi connectivity index (χ3v) is 3.49. The zero-order valence-corrected chi connectivity index (χ0v) is 8.17. The summed E-state index contributed by atoms with van der Waals surface area (Å²) >= 11 is 0. The van der Waals surface area contributed by atoms with Crippen molar-refractivity contribution in [2.45, 2.75) is 44.9 Å². The first-order valence-corrected chi connectivity index (χ1v) is 5.55. The van der Waals surface area contributed by atoms with Crippen molar-refractivity contribution in [3.05, 3.63) is 12.2 Å². The van der Waals surface area contributed by atoms with Crippen LogP contribution in [0.1, 0.15) is 44.9 Å². The Hall–Kier alpha value is -0.590. The second-order valence-corrected chi connectivity index (χ2v) is 4.36. The van der Waals surface area contributed by atoms with Crippen molar-refractivity contribution in [2.75, 3.05) is 0 Å². The van der Waals surface area contributed by atoms with Gasteiger partial charge in [0.2, 0.25) is 0 Å². The highest BCUT2D eigenvalue weighted by atomic mass is 16.1. The Balaban J connectivity index is 2.09. The van der Waals surface area contributed by atoms with E-state index in [1.54, 1.807) is 0 Å². The van der Waals surface area contributed by atoms with Crippen LogP contribution in [0.4, 0.5) is 0 Å². The van der Waals surface area contributed by atoms with E-state index < -0.39 is 0 Å². The van der Waals surface area contributed by atoms with Gasteiger partial charge in [-0.3, -0.25) is 4.79 Å². The highest BCUT2D eigenvalue weighted by Crippen LogP contribution is 2.35. The van der Waals surface area contributed by atoms with Crippen molar-refractivity contribution in [1.29, 1.82) is 0 Å². The van der Waals surface area contributed by atoms with Gasteiger partial charge in [0.25, 0.3) is 0 Å². The van der Waals surface area contributed by atoms with Crippen LogP contribution in [0, 0.1) is 11.8 Å². The van der Waals surface area contributed by atoms with Gasteiger partial charge in [0.05, 0.1) is 0 Å². The van der Waals surface area contributed by atoms with Gasteiger partial charge >= 0.3 is 0 Å². The van der Waals surface area contributed by atoms with E-state index in [0.29, 0.717) is 17.6 Å². The predicted molar refractivity (Wildman–Crippen MR) is 53.4 cm³/mol. The SMILES string of the molecule is O=C1CC/C=C\C[C@H]2CCCC[C@H]12. The van der Waals surface area contributed by atoms with Crippen LogP contribution in [0.5, 0.6) is 0 Å². The third kappa shape index (κ3) is 2.01. The molecule has 0 spiro atoms. The number of fused-ring (bicyclic) bond motifs is 1. The largest absolute Gasteiger partial charge is 0.299 e. The molecule has 1 nitrogen and oxygen atoms in total. The Bertz CT molecular complexity index is 217. The maximum absolute atomic E-state index is 11.8. The second-order valence-electron chi connectivity index (χ2n) is 4.36. The van der Waals surface area contributed by atoms with Gasteiger partial charge in [-0.05, 0) is 31.6 Å². The molecule has 1 saturated carbocycles. The molecule has 0 bridgehead atoms. The second kappa shape index (κ2) is 4.08. The third-order valence-electron chi connectivity index (χ3n) is 3.49. The molecule has 72 valence electrons. The molecule has 0 heterocycles. The summed E-state index contributed by atoms with van der Waals surface area (Å²) in [4.78, 5) is 11.8. The minimum absolute atomic E-state index is 0.415. The number of rotatable bonds is 0. The lowest BCUT2D eigenvalue weighted by atomic mass is 9.73. The first kappa shape index (κ1) is 8.98. The van der Waals surface area contributed by atoms with Gasteiger partial charge in [0.15, 0.2) is 0 Å². The fourth-order valence-electron chi connectivity index (χ4n) is 2.71. The molecule has 0 aromatic heterocycles. The zero-order chi connectivity index (χ0) is 9.10. The average Bonchev–Trinajstić information content (AvgIpc) is 2.14. The normalized spacial score (nSPS) is 37.4. The van der Waals surface area contributed by atoms with E-state index in [1.807, 2.05) is 0 Å². The molecule has 2 atom stereocenters. The Kier molecular flexibility index (Phi) is 2.82. The highest BCUT2D eigenvalue weighted by Gasteiger charge is 2.29. The minimum atomic E-state index is 0.415. The van der Waals surface area contributed by atoms with E-state index in [-0.39, 0.29) is 0 Å². The summed E-state index contributed by atoms with van der Waals surface area (Å²) in [6, 6.07) is 0. The number of ketones is 1. The molecule has 1 heteroatoms. The van der Waals surface area contributed by atoms with Crippen LogP contribution >= 0.6 is 0 Å². The van der Waals surface area contributed by atoms with Crippen LogP contribution in [0.15, 0.2) is 12.2 Å². The van der Waals surface area contributed by atoms with Crippen molar-refractivity contribution in [3.8, 4) is 0 Å². The van der Waals surface area contributed by atoms with Crippen molar-refractivity contribution < 1.29 is 4.79 Å². The van der Waals surface area contributed by atoms with Crippen molar-refractivity contribution in [3.63, 3.8) is 0 Å². The van der Waals surface area contributed by atoms with Gasteiger partial charge in [-0.25, -0.2) is 0 Å². The lowest BCUT2D eigenvalue weighted by Crippen LogP contribution is -2.27. The van der Waals surface area contributed by atoms with Gasteiger partial charge < -0.3 is 0 Å². The molecule has 2 rings (SSSR count). The van der Waals surface area contributed by atoms with Crippen LogP contribution in [0.2, 0.25) is 0 Å². The molecule has 0 unspecified atom stereocenters. The highest BCUT2D eigenvalue weighted by molar-refractivity contribution is 5.81. The fraction of sp³-hybridized carbons (Fsp3) is 0.750. The van der Waals surface area contributed by atoms with E-state index in [9.17, 15) is 4.79 Å². The van der Waals surface area contributed by atoms with Crippen LogP contribution in [-0.2, 0) is 4.79 Å². The molecule has 2 aliphatic rings. The van der Waals surface area contributed by atoms with E-state index in [2.05, 4.69) is 12.2 Å². The van der Waals surface area contributed by atoms with E-state index in [4.69, 9.17) is 0 Å². The summed E-state index contributed by atoms with van der Waals surface area (Å²) < 4.78 is 0. The predicted octanol–water partition coefficient (Wildman–Crippen LogP) is 3.10. The molecule has 0 N–H and O–H groups in total. The number of allylic oxidation sites excluding steroid dienone is 2. The van der Waals surface area contributed by atoms with Crippen molar-refractivity contribution in [1.82, 2.24) is 0 Å². The molecular weight excluding hydrogens is 160 g/mol. The molecule has 2 aliphatic carbocycles. The van der Waals surface area contributed by atoms with Crippen molar-refractivity contribution >= 4 is 5.78 Å². The Morgan fingerprint density at radius 2 is 2.00 bits per heavy atom. The Morgan fingerprint density at radius 1 is 1.15 bits per heavy atom. The van der Waals surface area contributed by atoms with Gasteiger partial charge in [-0.15, -0.1) is 0 Å².